The van der Waals surface area contributed by atoms with Crippen LogP contribution in [0.1, 0.15) is 57.8 Å². The third-order valence-corrected chi connectivity index (χ3v) is 5.77. The molecule has 0 aromatic rings. The molecule has 0 aromatic carbocycles. The summed E-state index contributed by atoms with van der Waals surface area (Å²) < 4.78 is 31.1. The summed E-state index contributed by atoms with van der Waals surface area (Å²) in [7, 11) is -3.78. The number of rotatable bonds is 2. The Morgan fingerprint density at radius 3 is 1.75 bits per heavy atom. The molecule has 3 nitrogen and oxygen atoms in total. The Labute approximate surface area is 98.4 Å². The molecule has 0 heterocycles. The molecule has 2 aliphatic carbocycles. The summed E-state index contributed by atoms with van der Waals surface area (Å²) >= 11 is 0. The normalized spacial score (nSPS) is 33.8. The molecule has 16 heavy (non-hydrogen) atoms. The molecule has 0 unspecified atom stereocenters. The Morgan fingerprint density at radius 1 is 0.750 bits per heavy atom. The third-order valence-electron chi connectivity index (χ3n) is 4.46. The SMILES string of the molecule is O=S(=O)(O)C1CCC(C2CCCCC2)CC1. The van der Waals surface area contributed by atoms with Crippen molar-refractivity contribution in [1.82, 2.24) is 0 Å². The molecular weight excluding hydrogens is 224 g/mol. The van der Waals surface area contributed by atoms with Crippen LogP contribution < -0.4 is 0 Å². The molecule has 1 N–H and O–H groups in total. The fraction of sp³-hybridized carbons (Fsp3) is 1.00. The van der Waals surface area contributed by atoms with Crippen molar-refractivity contribution in [1.29, 1.82) is 0 Å². The molecule has 2 saturated carbocycles. The summed E-state index contributed by atoms with van der Waals surface area (Å²) in [5.74, 6) is 1.55. The zero-order valence-corrected chi connectivity index (χ0v) is 10.6. The first-order valence-corrected chi connectivity index (χ1v) is 8.04. The lowest BCUT2D eigenvalue weighted by Gasteiger charge is -2.34. The van der Waals surface area contributed by atoms with Crippen LogP contribution in [0.5, 0.6) is 0 Å². The first kappa shape index (κ1) is 12.4. The van der Waals surface area contributed by atoms with E-state index in [1.807, 2.05) is 0 Å². The second kappa shape index (κ2) is 5.05. The molecule has 0 saturated heterocycles. The highest BCUT2D eigenvalue weighted by atomic mass is 32.2. The number of hydrogen-bond donors (Lipinski definition) is 1. The molecule has 0 amide bonds. The van der Waals surface area contributed by atoms with E-state index in [2.05, 4.69) is 0 Å². The van der Waals surface area contributed by atoms with Crippen molar-refractivity contribution < 1.29 is 13.0 Å². The lowest BCUT2D eigenvalue weighted by Crippen LogP contribution is -2.30. The average Bonchev–Trinajstić information content (AvgIpc) is 2.29. The highest BCUT2D eigenvalue weighted by Crippen LogP contribution is 2.39. The second-order valence-electron chi connectivity index (χ2n) is 5.45. The van der Waals surface area contributed by atoms with Gasteiger partial charge in [-0.15, -0.1) is 0 Å². The molecule has 0 aliphatic heterocycles. The first-order chi connectivity index (χ1) is 7.57. The van der Waals surface area contributed by atoms with E-state index in [1.54, 1.807) is 0 Å². The summed E-state index contributed by atoms with van der Waals surface area (Å²) in [5.41, 5.74) is 0. The molecule has 0 spiro atoms. The van der Waals surface area contributed by atoms with E-state index < -0.39 is 15.4 Å². The predicted octanol–water partition coefficient (Wildman–Crippen LogP) is 3.01. The summed E-state index contributed by atoms with van der Waals surface area (Å²) in [5, 5.41) is -0.479. The van der Waals surface area contributed by atoms with Gasteiger partial charge in [-0.2, -0.15) is 8.42 Å². The Hall–Kier alpha value is -0.0900. The smallest absolute Gasteiger partial charge is 0.267 e. The second-order valence-corrected chi connectivity index (χ2v) is 7.15. The monoisotopic (exact) mass is 246 g/mol. The van der Waals surface area contributed by atoms with E-state index >= 15 is 0 Å². The maximum Gasteiger partial charge on any atom is 0.267 e. The highest BCUT2D eigenvalue weighted by molar-refractivity contribution is 7.86. The fourth-order valence-electron chi connectivity index (χ4n) is 3.46. The first-order valence-electron chi connectivity index (χ1n) is 6.53. The van der Waals surface area contributed by atoms with Gasteiger partial charge in [0.25, 0.3) is 10.1 Å². The van der Waals surface area contributed by atoms with Crippen molar-refractivity contribution >= 4 is 10.1 Å². The van der Waals surface area contributed by atoms with Gasteiger partial charge in [0.15, 0.2) is 0 Å². The van der Waals surface area contributed by atoms with E-state index in [0.717, 1.165) is 24.7 Å². The van der Waals surface area contributed by atoms with E-state index in [-0.39, 0.29) is 0 Å². The van der Waals surface area contributed by atoms with Crippen LogP contribution in [0.4, 0.5) is 0 Å². The van der Waals surface area contributed by atoms with Crippen molar-refractivity contribution in [2.45, 2.75) is 63.0 Å². The maximum absolute atomic E-state index is 11.0. The lowest BCUT2D eigenvalue weighted by molar-refractivity contribution is 0.195. The molecule has 2 aliphatic rings. The van der Waals surface area contributed by atoms with Gasteiger partial charge in [-0.1, -0.05) is 32.1 Å². The molecule has 0 atom stereocenters. The van der Waals surface area contributed by atoms with Gasteiger partial charge < -0.3 is 0 Å². The topological polar surface area (TPSA) is 54.4 Å². The van der Waals surface area contributed by atoms with Gasteiger partial charge in [0.1, 0.15) is 0 Å². The van der Waals surface area contributed by atoms with Gasteiger partial charge in [-0.25, -0.2) is 0 Å². The molecule has 4 heteroatoms. The van der Waals surface area contributed by atoms with Crippen molar-refractivity contribution in [3.63, 3.8) is 0 Å². The van der Waals surface area contributed by atoms with Gasteiger partial charge in [0, 0.05) is 0 Å². The van der Waals surface area contributed by atoms with Crippen LogP contribution in [0.2, 0.25) is 0 Å². The van der Waals surface area contributed by atoms with E-state index in [9.17, 15) is 8.42 Å². The van der Waals surface area contributed by atoms with Crippen LogP contribution in [0, 0.1) is 11.8 Å². The van der Waals surface area contributed by atoms with Crippen LogP contribution in [0.25, 0.3) is 0 Å². The van der Waals surface area contributed by atoms with Gasteiger partial charge in [0.05, 0.1) is 5.25 Å². The summed E-state index contributed by atoms with van der Waals surface area (Å²) in [4.78, 5) is 0. The summed E-state index contributed by atoms with van der Waals surface area (Å²) in [6.07, 6.45) is 10.1. The lowest BCUT2D eigenvalue weighted by atomic mass is 9.73. The van der Waals surface area contributed by atoms with E-state index in [4.69, 9.17) is 4.55 Å². The molecular formula is C12H22O3S. The van der Waals surface area contributed by atoms with Gasteiger partial charge in [0.2, 0.25) is 0 Å². The minimum atomic E-state index is -3.78. The zero-order valence-electron chi connectivity index (χ0n) is 9.77. The molecule has 2 fully saturated rings. The predicted molar refractivity (Wildman–Crippen MR) is 63.9 cm³/mol. The van der Waals surface area contributed by atoms with Gasteiger partial charge in [-0.05, 0) is 37.5 Å². The third kappa shape index (κ3) is 2.98. The van der Waals surface area contributed by atoms with Crippen LogP contribution in [0.3, 0.4) is 0 Å². The Balaban J connectivity index is 1.85. The number of hydrogen-bond acceptors (Lipinski definition) is 2. The average molecular weight is 246 g/mol. The van der Waals surface area contributed by atoms with E-state index in [0.29, 0.717) is 12.8 Å². The minimum Gasteiger partial charge on any atom is -0.285 e. The molecule has 0 radical (unpaired) electrons. The molecule has 0 aromatic heterocycles. The Kier molecular flexibility index (Phi) is 3.90. The van der Waals surface area contributed by atoms with Crippen LogP contribution in [0.15, 0.2) is 0 Å². The Bertz CT molecular complexity index is 309. The van der Waals surface area contributed by atoms with Crippen LogP contribution in [-0.2, 0) is 10.1 Å². The van der Waals surface area contributed by atoms with Crippen LogP contribution in [-0.4, -0.2) is 18.2 Å². The minimum absolute atomic E-state index is 0.479. The fourth-order valence-corrected chi connectivity index (χ4v) is 4.33. The van der Waals surface area contributed by atoms with Crippen molar-refractivity contribution in [3.05, 3.63) is 0 Å². The standard InChI is InChI=1S/C12H22O3S/c13-16(14,15)12-8-6-11(7-9-12)10-4-2-1-3-5-10/h10-12H,1-9H2,(H,13,14,15). The molecule has 0 bridgehead atoms. The van der Waals surface area contributed by atoms with Crippen molar-refractivity contribution in [2.75, 3.05) is 0 Å². The summed E-state index contributed by atoms with van der Waals surface area (Å²) in [6, 6.07) is 0. The largest absolute Gasteiger partial charge is 0.285 e. The molecule has 2 rings (SSSR count). The van der Waals surface area contributed by atoms with Gasteiger partial charge in [-0.3, -0.25) is 4.55 Å². The maximum atomic E-state index is 11.0. The van der Waals surface area contributed by atoms with Crippen LogP contribution >= 0.6 is 0 Å². The zero-order chi connectivity index (χ0) is 11.6. The van der Waals surface area contributed by atoms with Gasteiger partial charge >= 0.3 is 0 Å². The van der Waals surface area contributed by atoms with Crippen molar-refractivity contribution in [3.8, 4) is 0 Å². The van der Waals surface area contributed by atoms with E-state index in [1.165, 1.54) is 32.1 Å². The Morgan fingerprint density at radius 2 is 1.25 bits per heavy atom. The highest BCUT2D eigenvalue weighted by Gasteiger charge is 2.33. The van der Waals surface area contributed by atoms with Crippen molar-refractivity contribution in [2.24, 2.45) is 11.8 Å². The quantitative estimate of drug-likeness (QED) is 0.762. The molecule has 94 valence electrons. The summed E-state index contributed by atoms with van der Waals surface area (Å²) in [6.45, 7) is 0.